The van der Waals surface area contributed by atoms with Crippen LogP contribution in [0.2, 0.25) is 0 Å². The highest BCUT2D eigenvalue weighted by Crippen LogP contribution is 2.57. The van der Waals surface area contributed by atoms with Crippen molar-refractivity contribution in [2.75, 3.05) is 0 Å². The summed E-state index contributed by atoms with van der Waals surface area (Å²) in [5.41, 5.74) is 0.231. The van der Waals surface area contributed by atoms with Crippen molar-refractivity contribution in [1.82, 2.24) is 4.98 Å². The first-order valence-corrected chi connectivity index (χ1v) is 7.05. The van der Waals surface area contributed by atoms with E-state index in [0.29, 0.717) is 0 Å². The largest absolute Gasteiger partial charge is 0.481 e. The van der Waals surface area contributed by atoms with Crippen LogP contribution in [0.5, 0.6) is 0 Å². The summed E-state index contributed by atoms with van der Waals surface area (Å²) >= 11 is 0. The number of halogens is 1. The maximum absolute atomic E-state index is 12.4. The predicted octanol–water partition coefficient (Wildman–Crippen LogP) is 0.947. The molecule has 1 unspecified atom stereocenters. The predicted molar refractivity (Wildman–Crippen MR) is 51.9 cm³/mol. The molecule has 0 aliphatic rings. The molecule has 0 saturated carbocycles. The van der Waals surface area contributed by atoms with Crippen molar-refractivity contribution >= 4 is 15.6 Å². The van der Waals surface area contributed by atoms with Crippen LogP contribution in [-0.4, -0.2) is 19.7 Å². The molecule has 0 amide bonds. The van der Waals surface area contributed by atoms with Crippen molar-refractivity contribution in [3.63, 3.8) is 0 Å². The van der Waals surface area contributed by atoms with Gasteiger partial charge in [0.25, 0.3) is 0 Å². The first-order valence-electron chi connectivity index (χ1n) is 4.03. The molecule has 1 rings (SSSR count). The van der Waals surface area contributed by atoms with E-state index in [1.54, 1.807) is 0 Å². The minimum absolute atomic E-state index is 0.231. The van der Waals surface area contributed by atoms with Gasteiger partial charge in [-0.3, -0.25) is 4.52 Å². The van der Waals surface area contributed by atoms with Gasteiger partial charge in [-0.25, -0.2) is 14.1 Å². The molecule has 0 aromatic carbocycles. The highest BCUT2D eigenvalue weighted by atomic mass is 31.3. The van der Waals surface area contributed by atoms with Gasteiger partial charge in [-0.1, -0.05) is 6.07 Å². The van der Waals surface area contributed by atoms with Crippen LogP contribution in [-0.2, 0) is 24.6 Å². The second-order valence-corrected chi connectivity index (χ2v) is 5.63. The van der Waals surface area contributed by atoms with E-state index in [1.807, 2.05) is 0 Å². The van der Waals surface area contributed by atoms with Gasteiger partial charge in [-0.2, -0.15) is 8.70 Å². The molecule has 8 nitrogen and oxygen atoms in total. The summed E-state index contributed by atoms with van der Waals surface area (Å²) in [6.45, 7) is -0.513. The van der Waals surface area contributed by atoms with E-state index < -0.39 is 28.2 Å². The van der Waals surface area contributed by atoms with Crippen molar-refractivity contribution in [2.45, 2.75) is 6.61 Å². The van der Waals surface area contributed by atoms with Gasteiger partial charge in [0.1, 0.15) is 0 Å². The zero-order valence-corrected chi connectivity index (χ0v) is 9.92. The van der Waals surface area contributed by atoms with Gasteiger partial charge in [0.2, 0.25) is 5.95 Å². The Morgan fingerprint density at radius 2 is 1.94 bits per heavy atom. The number of pyridine rings is 1. The molecule has 0 fully saturated rings. The van der Waals surface area contributed by atoms with Crippen molar-refractivity contribution in [3.8, 4) is 0 Å². The summed E-state index contributed by atoms with van der Waals surface area (Å²) in [5, 5.41) is 0. The van der Waals surface area contributed by atoms with E-state index in [9.17, 15) is 13.5 Å². The Morgan fingerprint density at radius 3 is 2.41 bits per heavy atom. The molecule has 3 N–H and O–H groups in total. The average molecular weight is 287 g/mol. The van der Waals surface area contributed by atoms with Crippen molar-refractivity contribution in [3.05, 3.63) is 29.8 Å². The quantitative estimate of drug-likeness (QED) is 0.539. The summed E-state index contributed by atoms with van der Waals surface area (Å²) in [6.07, 6.45) is 1.03. The molecule has 1 heterocycles. The number of hydrogen-bond acceptors (Lipinski definition) is 5. The molecular weight excluding hydrogens is 279 g/mol. The van der Waals surface area contributed by atoms with Gasteiger partial charge in [0.05, 0.1) is 6.61 Å². The number of rotatable bonds is 5. The third-order valence-electron chi connectivity index (χ3n) is 1.39. The second-order valence-electron chi connectivity index (χ2n) is 2.80. The lowest BCUT2D eigenvalue weighted by Crippen LogP contribution is -1.96. The van der Waals surface area contributed by atoms with Crippen LogP contribution in [0.4, 0.5) is 4.39 Å². The van der Waals surface area contributed by atoms with E-state index in [2.05, 4.69) is 13.8 Å². The molecule has 0 aliphatic carbocycles. The lowest BCUT2D eigenvalue weighted by Gasteiger charge is -2.11. The van der Waals surface area contributed by atoms with Crippen LogP contribution >= 0.6 is 15.6 Å². The fourth-order valence-corrected chi connectivity index (χ4v) is 2.38. The summed E-state index contributed by atoms with van der Waals surface area (Å²) in [4.78, 5) is 28.7. The maximum atomic E-state index is 12.4. The Labute approximate surface area is 94.9 Å². The number of phosphoric acid groups is 2. The van der Waals surface area contributed by atoms with E-state index in [-0.39, 0.29) is 5.56 Å². The zero-order chi connectivity index (χ0) is 13.1. The van der Waals surface area contributed by atoms with Gasteiger partial charge in [0, 0.05) is 6.20 Å². The molecule has 0 spiro atoms. The van der Waals surface area contributed by atoms with Crippen molar-refractivity contribution in [2.24, 2.45) is 0 Å². The molecule has 11 heteroatoms. The molecule has 0 bridgehead atoms. The molecule has 0 aliphatic heterocycles. The molecule has 1 atom stereocenters. The van der Waals surface area contributed by atoms with Crippen LogP contribution in [0.25, 0.3) is 0 Å². The monoisotopic (exact) mass is 287 g/mol. The van der Waals surface area contributed by atoms with Gasteiger partial charge >= 0.3 is 15.6 Å². The summed E-state index contributed by atoms with van der Waals surface area (Å²) in [5.74, 6) is -0.743. The van der Waals surface area contributed by atoms with Crippen molar-refractivity contribution in [1.29, 1.82) is 0 Å². The Balaban J connectivity index is 2.58. The smallest absolute Gasteiger partial charge is 0.302 e. The average Bonchev–Trinajstić information content (AvgIpc) is 2.13. The molecule has 0 radical (unpaired) electrons. The molecular formula is C6H8FNO7P2. The van der Waals surface area contributed by atoms with Crippen LogP contribution in [0, 0.1) is 5.95 Å². The molecule has 1 aromatic rings. The first-order chi connectivity index (χ1) is 7.68. The fourth-order valence-electron chi connectivity index (χ4n) is 0.806. The lowest BCUT2D eigenvalue weighted by molar-refractivity contribution is 0.172. The molecule has 0 saturated heterocycles. The highest BCUT2D eigenvalue weighted by molar-refractivity contribution is 7.60. The Morgan fingerprint density at radius 1 is 1.29 bits per heavy atom. The number of phosphoric ester groups is 1. The maximum Gasteiger partial charge on any atom is 0.481 e. The molecule has 17 heavy (non-hydrogen) atoms. The van der Waals surface area contributed by atoms with E-state index in [1.165, 1.54) is 6.07 Å². The van der Waals surface area contributed by atoms with Gasteiger partial charge < -0.3 is 14.7 Å². The Bertz CT molecular complexity index is 472. The van der Waals surface area contributed by atoms with Gasteiger partial charge in [0.15, 0.2) is 0 Å². The van der Waals surface area contributed by atoms with Crippen LogP contribution in [0.15, 0.2) is 18.3 Å². The Hall–Kier alpha value is -0.660. The highest BCUT2D eigenvalue weighted by Gasteiger charge is 2.32. The van der Waals surface area contributed by atoms with Crippen molar-refractivity contribution < 1.29 is 37.0 Å². The summed E-state index contributed by atoms with van der Waals surface area (Å²) in [6, 6.07) is 2.21. The second kappa shape index (κ2) is 5.32. The third kappa shape index (κ3) is 5.99. The van der Waals surface area contributed by atoms with E-state index >= 15 is 0 Å². The summed E-state index contributed by atoms with van der Waals surface area (Å²) < 4.78 is 41.5. The zero-order valence-electron chi connectivity index (χ0n) is 8.13. The minimum Gasteiger partial charge on any atom is -0.302 e. The van der Waals surface area contributed by atoms with E-state index in [4.69, 9.17) is 14.7 Å². The topological polar surface area (TPSA) is 126 Å². The van der Waals surface area contributed by atoms with Crippen LogP contribution in [0.3, 0.4) is 0 Å². The SMILES string of the molecule is O=P(O)(O)OP(=O)(O)OCc1ccc(F)nc1. The standard InChI is InChI=1S/C6H8FNO7P2/c7-6-2-1-5(3-8-6)4-14-17(12,13)15-16(9,10)11/h1-3H,4H2,(H,12,13)(H2,9,10,11). The Kier molecular flexibility index (Phi) is 4.51. The molecule has 96 valence electrons. The first kappa shape index (κ1) is 14.4. The summed E-state index contributed by atoms with van der Waals surface area (Å²) in [7, 11) is -10.0. The van der Waals surface area contributed by atoms with E-state index in [0.717, 1.165) is 12.3 Å². The van der Waals surface area contributed by atoms with Gasteiger partial charge in [-0.05, 0) is 11.6 Å². The number of aromatic nitrogens is 1. The molecule has 1 aromatic heterocycles. The third-order valence-corrected chi connectivity index (χ3v) is 3.52. The lowest BCUT2D eigenvalue weighted by atomic mass is 10.3. The normalized spacial score (nSPS) is 15.5. The number of hydrogen-bond donors (Lipinski definition) is 3. The van der Waals surface area contributed by atoms with Crippen LogP contribution < -0.4 is 0 Å². The minimum atomic E-state index is -5.13. The fraction of sp³-hybridized carbons (Fsp3) is 0.167. The van der Waals surface area contributed by atoms with Crippen LogP contribution in [0.1, 0.15) is 5.56 Å². The number of nitrogens with zero attached hydrogens (tertiary/aromatic N) is 1. The van der Waals surface area contributed by atoms with Gasteiger partial charge in [-0.15, -0.1) is 0 Å².